The van der Waals surface area contributed by atoms with Crippen molar-refractivity contribution in [2.45, 2.75) is 6.04 Å². The maximum Gasteiger partial charge on any atom is 0.194 e. The Labute approximate surface area is 120 Å². The van der Waals surface area contributed by atoms with Crippen LogP contribution in [0.25, 0.3) is 0 Å². The molecule has 0 saturated heterocycles. The van der Waals surface area contributed by atoms with Crippen molar-refractivity contribution < 1.29 is 17.6 Å². The molecule has 0 saturated carbocycles. The molecular formula is C13H9BrF4N2. The summed E-state index contributed by atoms with van der Waals surface area (Å²) in [7, 11) is 0. The average molecular weight is 349 g/mol. The van der Waals surface area contributed by atoms with E-state index in [2.05, 4.69) is 21.4 Å². The van der Waals surface area contributed by atoms with Crippen LogP contribution < -0.4 is 11.3 Å². The van der Waals surface area contributed by atoms with Crippen LogP contribution in [0.1, 0.15) is 17.2 Å². The van der Waals surface area contributed by atoms with Gasteiger partial charge in [0, 0.05) is 15.6 Å². The van der Waals surface area contributed by atoms with Gasteiger partial charge in [-0.05, 0) is 24.3 Å². The molecule has 106 valence electrons. The number of hydrogen-bond donors (Lipinski definition) is 2. The van der Waals surface area contributed by atoms with Crippen LogP contribution in [0.5, 0.6) is 0 Å². The van der Waals surface area contributed by atoms with E-state index >= 15 is 0 Å². The largest absolute Gasteiger partial charge is 0.271 e. The van der Waals surface area contributed by atoms with E-state index in [-0.39, 0.29) is 11.1 Å². The van der Waals surface area contributed by atoms with E-state index in [4.69, 9.17) is 5.84 Å². The van der Waals surface area contributed by atoms with Gasteiger partial charge < -0.3 is 0 Å². The lowest BCUT2D eigenvalue weighted by Gasteiger charge is -2.19. The molecule has 0 fully saturated rings. The predicted octanol–water partition coefficient (Wildman–Crippen LogP) is 3.56. The van der Waals surface area contributed by atoms with Crippen LogP contribution in [0.15, 0.2) is 34.8 Å². The Hall–Kier alpha value is -1.44. The van der Waals surface area contributed by atoms with Crippen LogP contribution >= 0.6 is 15.9 Å². The van der Waals surface area contributed by atoms with Crippen molar-refractivity contribution in [1.29, 1.82) is 0 Å². The van der Waals surface area contributed by atoms with Gasteiger partial charge in [-0.1, -0.05) is 22.0 Å². The van der Waals surface area contributed by atoms with Crippen molar-refractivity contribution in [2.75, 3.05) is 0 Å². The third-order valence-corrected chi connectivity index (χ3v) is 3.31. The molecule has 0 spiro atoms. The highest BCUT2D eigenvalue weighted by Crippen LogP contribution is 2.29. The number of hydrogen-bond acceptors (Lipinski definition) is 2. The van der Waals surface area contributed by atoms with Crippen LogP contribution in [0, 0.1) is 23.3 Å². The molecule has 0 heterocycles. The maximum atomic E-state index is 13.8. The highest BCUT2D eigenvalue weighted by molar-refractivity contribution is 9.10. The summed E-state index contributed by atoms with van der Waals surface area (Å²) in [5.41, 5.74) is 1.92. The summed E-state index contributed by atoms with van der Waals surface area (Å²) < 4.78 is 54.3. The van der Waals surface area contributed by atoms with E-state index in [0.29, 0.717) is 4.47 Å². The van der Waals surface area contributed by atoms with Gasteiger partial charge in [0.05, 0.1) is 6.04 Å². The second-order valence-electron chi connectivity index (χ2n) is 4.03. The number of nitrogens with one attached hydrogen (secondary N) is 1. The molecule has 0 aliphatic rings. The van der Waals surface area contributed by atoms with Gasteiger partial charge in [-0.15, -0.1) is 0 Å². The van der Waals surface area contributed by atoms with Crippen molar-refractivity contribution in [2.24, 2.45) is 5.84 Å². The zero-order valence-corrected chi connectivity index (χ0v) is 11.5. The lowest BCUT2D eigenvalue weighted by molar-refractivity contribution is 0.431. The topological polar surface area (TPSA) is 38.0 Å². The van der Waals surface area contributed by atoms with Crippen LogP contribution in [-0.4, -0.2) is 0 Å². The van der Waals surface area contributed by atoms with Gasteiger partial charge in [-0.25, -0.2) is 23.0 Å². The third kappa shape index (κ3) is 2.70. The molecular weight excluding hydrogens is 340 g/mol. The van der Waals surface area contributed by atoms with Gasteiger partial charge in [0.2, 0.25) is 0 Å². The Morgan fingerprint density at radius 2 is 1.55 bits per heavy atom. The van der Waals surface area contributed by atoms with Crippen molar-refractivity contribution >= 4 is 15.9 Å². The highest BCUT2D eigenvalue weighted by Gasteiger charge is 2.23. The molecule has 7 heteroatoms. The van der Waals surface area contributed by atoms with Gasteiger partial charge in [0.25, 0.3) is 0 Å². The quantitative estimate of drug-likeness (QED) is 0.385. The minimum absolute atomic E-state index is 0.00628. The summed E-state index contributed by atoms with van der Waals surface area (Å²) >= 11 is 3.15. The number of benzene rings is 2. The molecule has 1 unspecified atom stereocenters. The molecule has 2 nitrogen and oxygen atoms in total. The van der Waals surface area contributed by atoms with Crippen LogP contribution in [0.2, 0.25) is 0 Å². The molecule has 0 aliphatic heterocycles. The molecule has 0 aliphatic carbocycles. The Balaban J connectivity index is 2.58. The Morgan fingerprint density at radius 1 is 0.900 bits per heavy atom. The second-order valence-corrected chi connectivity index (χ2v) is 4.95. The first kappa shape index (κ1) is 15.0. The molecule has 2 aromatic rings. The fourth-order valence-corrected chi connectivity index (χ4v) is 2.23. The third-order valence-electron chi connectivity index (χ3n) is 2.81. The number of halogens is 5. The summed E-state index contributed by atoms with van der Waals surface area (Å²) in [6.45, 7) is 0. The lowest BCUT2D eigenvalue weighted by Crippen LogP contribution is -2.30. The van der Waals surface area contributed by atoms with Crippen LogP contribution in [0.4, 0.5) is 17.6 Å². The smallest absolute Gasteiger partial charge is 0.194 e. The molecule has 0 radical (unpaired) electrons. The fraction of sp³-hybridized carbons (Fsp3) is 0.0769. The molecule has 0 aromatic heterocycles. The van der Waals surface area contributed by atoms with Crippen molar-refractivity contribution in [3.8, 4) is 0 Å². The van der Waals surface area contributed by atoms with E-state index in [1.54, 1.807) is 0 Å². The second kappa shape index (κ2) is 5.90. The standard InChI is InChI=1S/C13H9BrF4N2/c14-6-1-3-9(15)8(5-6)13(20-19)7-2-4-10(16)12(18)11(7)17/h1-5,13,20H,19H2. The van der Waals surface area contributed by atoms with Gasteiger partial charge in [0.1, 0.15) is 5.82 Å². The first-order chi connectivity index (χ1) is 9.45. The number of hydrazine groups is 1. The molecule has 2 rings (SSSR count). The van der Waals surface area contributed by atoms with Gasteiger partial charge in [-0.2, -0.15) is 0 Å². The van der Waals surface area contributed by atoms with Crippen LogP contribution in [0.3, 0.4) is 0 Å². The summed E-state index contributed by atoms with van der Waals surface area (Å²) in [5.74, 6) is 0.286. The van der Waals surface area contributed by atoms with Gasteiger partial charge >= 0.3 is 0 Å². The Morgan fingerprint density at radius 3 is 2.20 bits per heavy atom. The summed E-state index contributed by atoms with van der Waals surface area (Å²) in [5, 5.41) is 0. The Kier molecular flexibility index (Phi) is 4.42. The molecule has 20 heavy (non-hydrogen) atoms. The molecule has 2 aromatic carbocycles. The summed E-state index contributed by atoms with van der Waals surface area (Å²) in [6, 6.07) is 4.60. The first-order valence-corrected chi connectivity index (χ1v) is 6.29. The highest BCUT2D eigenvalue weighted by atomic mass is 79.9. The Bertz CT molecular complexity index is 649. The average Bonchev–Trinajstić information content (AvgIpc) is 2.43. The molecule has 1 atom stereocenters. The van der Waals surface area contributed by atoms with E-state index in [1.807, 2.05) is 0 Å². The van der Waals surface area contributed by atoms with E-state index < -0.39 is 29.3 Å². The van der Waals surface area contributed by atoms with E-state index in [1.165, 1.54) is 12.1 Å². The van der Waals surface area contributed by atoms with Crippen LogP contribution in [-0.2, 0) is 0 Å². The SMILES string of the molecule is NNC(c1cc(Br)ccc1F)c1ccc(F)c(F)c1F. The summed E-state index contributed by atoms with van der Waals surface area (Å²) in [6.07, 6.45) is 0. The monoisotopic (exact) mass is 348 g/mol. The van der Waals surface area contributed by atoms with Gasteiger partial charge in [-0.3, -0.25) is 5.84 Å². The summed E-state index contributed by atoms with van der Waals surface area (Å²) in [4.78, 5) is 0. The molecule has 0 amide bonds. The zero-order valence-electron chi connectivity index (χ0n) is 9.93. The normalized spacial score (nSPS) is 12.5. The van der Waals surface area contributed by atoms with Crippen molar-refractivity contribution in [3.63, 3.8) is 0 Å². The molecule has 3 N–H and O–H groups in total. The maximum absolute atomic E-state index is 13.8. The number of rotatable bonds is 3. The van der Waals surface area contributed by atoms with E-state index in [0.717, 1.165) is 18.2 Å². The predicted molar refractivity (Wildman–Crippen MR) is 69.6 cm³/mol. The van der Waals surface area contributed by atoms with Crippen molar-refractivity contribution in [3.05, 3.63) is 69.2 Å². The van der Waals surface area contributed by atoms with E-state index in [9.17, 15) is 17.6 Å². The lowest BCUT2D eigenvalue weighted by atomic mass is 9.98. The fourth-order valence-electron chi connectivity index (χ4n) is 1.85. The minimum atomic E-state index is -1.63. The minimum Gasteiger partial charge on any atom is -0.271 e. The zero-order chi connectivity index (χ0) is 14.9. The number of nitrogens with two attached hydrogens (primary N) is 1. The van der Waals surface area contributed by atoms with Gasteiger partial charge in [0.15, 0.2) is 17.5 Å². The molecule has 0 bridgehead atoms. The van der Waals surface area contributed by atoms with Crippen molar-refractivity contribution in [1.82, 2.24) is 5.43 Å². The first-order valence-electron chi connectivity index (χ1n) is 5.50.